The van der Waals surface area contributed by atoms with Gasteiger partial charge in [-0.25, -0.2) is 9.59 Å². The number of carbonyl (C=O) groups is 2. The molecule has 6 nitrogen and oxygen atoms in total. The zero-order valence-corrected chi connectivity index (χ0v) is 20.7. The van der Waals surface area contributed by atoms with E-state index in [9.17, 15) is 9.59 Å². The molecule has 0 radical (unpaired) electrons. The van der Waals surface area contributed by atoms with Crippen LogP contribution < -0.4 is 21.3 Å². The van der Waals surface area contributed by atoms with E-state index in [0.29, 0.717) is 23.2 Å². The number of carbonyl (C=O) groups excluding carboxylic acids is 2. The molecule has 32 heavy (non-hydrogen) atoms. The van der Waals surface area contributed by atoms with E-state index in [1.807, 2.05) is 18.2 Å². The summed E-state index contributed by atoms with van der Waals surface area (Å²) < 4.78 is 0. The predicted molar refractivity (Wildman–Crippen MR) is 132 cm³/mol. The number of hydrogen-bond donors (Lipinski definition) is 4. The molecule has 0 spiro atoms. The van der Waals surface area contributed by atoms with Crippen molar-refractivity contribution in [1.82, 2.24) is 10.6 Å². The molecule has 4 atom stereocenters. The topological polar surface area (TPSA) is 82.3 Å². The van der Waals surface area contributed by atoms with Gasteiger partial charge in [-0.3, -0.25) is 0 Å². The van der Waals surface area contributed by atoms with Crippen LogP contribution in [0.2, 0.25) is 0 Å². The molecule has 0 aromatic heterocycles. The summed E-state index contributed by atoms with van der Waals surface area (Å²) >= 11 is 0. The third kappa shape index (κ3) is 7.42. The molecule has 0 heterocycles. The summed E-state index contributed by atoms with van der Waals surface area (Å²) in [7, 11) is 0. The second-order valence-corrected chi connectivity index (χ2v) is 12.0. The first kappa shape index (κ1) is 24.4. The number of rotatable bonds is 4. The Hall–Kier alpha value is -2.24. The van der Waals surface area contributed by atoms with E-state index >= 15 is 0 Å². The van der Waals surface area contributed by atoms with Crippen LogP contribution in [0.5, 0.6) is 0 Å². The molecule has 2 saturated carbocycles. The molecule has 2 aliphatic rings. The maximum absolute atomic E-state index is 12.6. The molecule has 178 valence electrons. The highest BCUT2D eigenvalue weighted by molar-refractivity contribution is 5.93. The van der Waals surface area contributed by atoms with Gasteiger partial charge in [0.25, 0.3) is 0 Å². The fourth-order valence-corrected chi connectivity index (χ4v) is 6.29. The van der Waals surface area contributed by atoms with Crippen LogP contribution >= 0.6 is 0 Å². The highest BCUT2D eigenvalue weighted by Gasteiger charge is 2.33. The van der Waals surface area contributed by atoms with Gasteiger partial charge in [-0.2, -0.15) is 0 Å². The number of urea groups is 2. The summed E-state index contributed by atoms with van der Waals surface area (Å²) in [5.41, 5.74) is 1.82. The molecular formula is C26H42N4O2. The standard InChI is InChI=1S/C26H42N4O2/c1-17-10-21(15-25(3,4)13-17)29-23(31)27-19-8-7-9-20(12-19)28-24(32)30-22-11-18(2)14-26(5,6)16-22/h7-9,12,17-18,21-22H,10-11,13-16H2,1-6H3,(H2,27,29,31)(H2,28,30,32). The number of anilines is 2. The Kier molecular flexibility index (Phi) is 7.41. The van der Waals surface area contributed by atoms with Crippen molar-refractivity contribution in [3.05, 3.63) is 24.3 Å². The van der Waals surface area contributed by atoms with Gasteiger partial charge >= 0.3 is 12.1 Å². The highest BCUT2D eigenvalue weighted by atomic mass is 16.2. The van der Waals surface area contributed by atoms with Gasteiger partial charge in [0.2, 0.25) is 0 Å². The van der Waals surface area contributed by atoms with Crippen molar-refractivity contribution >= 4 is 23.4 Å². The normalized spacial score (nSPS) is 28.9. The third-order valence-electron chi connectivity index (χ3n) is 6.82. The van der Waals surface area contributed by atoms with Crippen molar-refractivity contribution in [3.8, 4) is 0 Å². The van der Waals surface area contributed by atoms with Gasteiger partial charge in [0, 0.05) is 23.5 Å². The Labute approximate surface area is 193 Å². The number of amides is 4. The second-order valence-electron chi connectivity index (χ2n) is 12.0. The van der Waals surface area contributed by atoms with E-state index in [4.69, 9.17) is 0 Å². The quantitative estimate of drug-likeness (QED) is 0.437. The molecule has 0 bridgehead atoms. The molecule has 4 unspecified atom stereocenters. The summed E-state index contributed by atoms with van der Waals surface area (Å²) in [6.45, 7) is 13.6. The number of benzene rings is 1. The number of nitrogens with one attached hydrogen (secondary N) is 4. The van der Waals surface area contributed by atoms with E-state index in [2.05, 4.69) is 62.8 Å². The Balaban J connectivity index is 1.51. The molecule has 6 heteroatoms. The average molecular weight is 443 g/mol. The van der Waals surface area contributed by atoms with E-state index in [-0.39, 0.29) is 35.0 Å². The monoisotopic (exact) mass is 442 g/mol. The molecule has 2 fully saturated rings. The van der Waals surface area contributed by atoms with Gasteiger partial charge in [0.05, 0.1) is 0 Å². The molecular weight excluding hydrogens is 400 g/mol. The van der Waals surface area contributed by atoms with Gasteiger partial charge in [-0.1, -0.05) is 47.6 Å². The molecule has 0 aliphatic heterocycles. The van der Waals surface area contributed by atoms with Crippen LogP contribution in [-0.2, 0) is 0 Å². The highest BCUT2D eigenvalue weighted by Crippen LogP contribution is 2.39. The predicted octanol–water partition coefficient (Wildman–Crippen LogP) is 6.36. The molecule has 1 aromatic rings. The van der Waals surface area contributed by atoms with Crippen molar-refractivity contribution in [2.45, 2.75) is 92.2 Å². The Bertz CT molecular complexity index is 757. The minimum Gasteiger partial charge on any atom is -0.335 e. The molecule has 1 aromatic carbocycles. The van der Waals surface area contributed by atoms with Gasteiger partial charge in [-0.05, 0) is 79.4 Å². The van der Waals surface area contributed by atoms with Crippen LogP contribution in [0, 0.1) is 22.7 Å². The zero-order chi connectivity index (χ0) is 23.5. The molecule has 3 rings (SSSR count). The molecule has 0 saturated heterocycles. The van der Waals surface area contributed by atoms with Gasteiger partial charge in [0.1, 0.15) is 0 Å². The first-order valence-electron chi connectivity index (χ1n) is 12.1. The fourth-order valence-electron chi connectivity index (χ4n) is 6.29. The fraction of sp³-hybridized carbons (Fsp3) is 0.692. The van der Waals surface area contributed by atoms with Crippen LogP contribution in [0.4, 0.5) is 21.0 Å². The lowest BCUT2D eigenvalue weighted by molar-refractivity contribution is 0.154. The van der Waals surface area contributed by atoms with Crippen LogP contribution in [0.15, 0.2) is 24.3 Å². The van der Waals surface area contributed by atoms with Gasteiger partial charge < -0.3 is 21.3 Å². The van der Waals surface area contributed by atoms with Crippen molar-refractivity contribution < 1.29 is 9.59 Å². The molecule has 4 N–H and O–H groups in total. The molecule has 4 amide bonds. The van der Waals surface area contributed by atoms with Crippen LogP contribution in [0.25, 0.3) is 0 Å². The summed E-state index contributed by atoms with van der Waals surface area (Å²) in [6.07, 6.45) is 6.39. The van der Waals surface area contributed by atoms with E-state index < -0.39 is 0 Å². The second kappa shape index (κ2) is 9.72. The summed E-state index contributed by atoms with van der Waals surface area (Å²) in [5, 5.41) is 12.1. The summed E-state index contributed by atoms with van der Waals surface area (Å²) in [4.78, 5) is 25.1. The average Bonchev–Trinajstić information content (AvgIpc) is 2.57. The molecule has 2 aliphatic carbocycles. The Morgan fingerprint density at radius 1 is 0.750 bits per heavy atom. The van der Waals surface area contributed by atoms with Crippen molar-refractivity contribution in [2.24, 2.45) is 22.7 Å². The van der Waals surface area contributed by atoms with E-state index in [0.717, 1.165) is 25.7 Å². The Morgan fingerprint density at radius 3 is 1.53 bits per heavy atom. The minimum absolute atomic E-state index is 0.183. The first-order valence-corrected chi connectivity index (χ1v) is 12.1. The maximum Gasteiger partial charge on any atom is 0.319 e. The lowest BCUT2D eigenvalue weighted by atomic mass is 9.70. The lowest BCUT2D eigenvalue weighted by Gasteiger charge is -2.39. The maximum atomic E-state index is 12.6. The summed E-state index contributed by atoms with van der Waals surface area (Å²) in [6, 6.07) is 7.27. The largest absolute Gasteiger partial charge is 0.335 e. The van der Waals surface area contributed by atoms with Crippen LogP contribution in [-0.4, -0.2) is 24.1 Å². The van der Waals surface area contributed by atoms with E-state index in [1.165, 1.54) is 12.8 Å². The number of hydrogen-bond acceptors (Lipinski definition) is 2. The van der Waals surface area contributed by atoms with Gasteiger partial charge in [0.15, 0.2) is 0 Å². The van der Waals surface area contributed by atoms with Crippen LogP contribution in [0.3, 0.4) is 0 Å². The van der Waals surface area contributed by atoms with Crippen molar-refractivity contribution in [2.75, 3.05) is 10.6 Å². The first-order chi connectivity index (χ1) is 14.9. The van der Waals surface area contributed by atoms with Crippen molar-refractivity contribution in [1.29, 1.82) is 0 Å². The zero-order valence-electron chi connectivity index (χ0n) is 20.7. The summed E-state index contributed by atoms with van der Waals surface area (Å²) in [5.74, 6) is 1.21. The lowest BCUT2D eigenvalue weighted by Crippen LogP contribution is -2.44. The third-order valence-corrected chi connectivity index (χ3v) is 6.82. The minimum atomic E-state index is -0.195. The Morgan fingerprint density at radius 2 is 1.16 bits per heavy atom. The van der Waals surface area contributed by atoms with Crippen LogP contribution in [0.1, 0.15) is 80.1 Å². The van der Waals surface area contributed by atoms with Gasteiger partial charge in [-0.15, -0.1) is 0 Å². The smallest absolute Gasteiger partial charge is 0.319 e. The van der Waals surface area contributed by atoms with E-state index in [1.54, 1.807) is 6.07 Å². The van der Waals surface area contributed by atoms with Crippen molar-refractivity contribution in [3.63, 3.8) is 0 Å². The SMILES string of the molecule is CC1CC(NC(=O)Nc2cccc(NC(=O)NC3CC(C)CC(C)(C)C3)c2)CC(C)(C)C1.